The van der Waals surface area contributed by atoms with E-state index in [0.29, 0.717) is 12.9 Å². The molecule has 0 amide bonds. The molecule has 0 atom stereocenters. The summed E-state index contributed by atoms with van der Waals surface area (Å²) < 4.78 is 6.41. The van der Waals surface area contributed by atoms with Crippen molar-refractivity contribution in [3.8, 4) is 0 Å². The Kier molecular flexibility index (Phi) is 4.53. The van der Waals surface area contributed by atoms with Gasteiger partial charge >= 0.3 is 5.97 Å². The lowest BCUT2D eigenvalue weighted by Gasteiger charge is -2.05. The number of hydrogen-bond acceptors (Lipinski definition) is 4. The molecule has 0 aliphatic carbocycles. The Morgan fingerprint density at radius 1 is 1.67 bits per heavy atom. The average Bonchev–Trinajstić information content (AvgIpc) is 2.65. The van der Waals surface area contributed by atoms with Crippen LogP contribution in [-0.2, 0) is 16.1 Å². The van der Waals surface area contributed by atoms with Crippen molar-refractivity contribution in [2.75, 3.05) is 6.61 Å². The maximum absolute atomic E-state index is 11.3. The molecule has 1 aromatic rings. The van der Waals surface area contributed by atoms with Crippen LogP contribution in [0.3, 0.4) is 0 Å². The van der Waals surface area contributed by atoms with Gasteiger partial charge in [0.05, 0.1) is 6.61 Å². The average molecular weight is 210 g/mol. The van der Waals surface area contributed by atoms with E-state index in [2.05, 4.69) is 4.98 Å². The minimum atomic E-state index is -0.343. The first-order chi connectivity index (χ1) is 7.27. The Hall–Kier alpha value is -1.65. The third kappa shape index (κ3) is 3.53. The molecule has 0 fully saturated rings. The molecule has 0 spiro atoms. The summed E-state index contributed by atoms with van der Waals surface area (Å²) in [6, 6.07) is 0. The molecule has 0 radical (unpaired) electrons. The molecule has 0 aliphatic heterocycles. The van der Waals surface area contributed by atoms with E-state index in [9.17, 15) is 9.59 Å². The van der Waals surface area contributed by atoms with Gasteiger partial charge in [-0.1, -0.05) is 13.3 Å². The van der Waals surface area contributed by atoms with Crippen LogP contribution in [0, 0.1) is 0 Å². The van der Waals surface area contributed by atoms with E-state index in [4.69, 9.17) is 4.74 Å². The SMILES string of the molecule is CCCCOC(=O)Cn1ccnc1C=O. The number of unbranched alkanes of at least 4 members (excludes halogenated alkanes) is 1. The molecular weight excluding hydrogens is 196 g/mol. The van der Waals surface area contributed by atoms with Gasteiger partial charge < -0.3 is 9.30 Å². The van der Waals surface area contributed by atoms with Crippen molar-refractivity contribution in [3.63, 3.8) is 0 Å². The Labute approximate surface area is 88.1 Å². The molecule has 15 heavy (non-hydrogen) atoms. The molecule has 1 heterocycles. The number of imidazole rings is 1. The predicted molar refractivity (Wildman–Crippen MR) is 53.5 cm³/mol. The van der Waals surface area contributed by atoms with Crippen molar-refractivity contribution in [1.82, 2.24) is 9.55 Å². The number of aromatic nitrogens is 2. The van der Waals surface area contributed by atoms with Gasteiger partial charge in [0.25, 0.3) is 0 Å². The van der Waals surface area contributed by atoms with E-state index in [1.54, 1.807) is 6.20 Å². The lowest BCUT2D eigenvalue weighted by molar-refractivity contribution is -0.144. The lowest BCUT2D eigenvalue weighted by atomic mass is 10.4. The van der Waals surface area contributed by atoms with Crippen molar-refractivity contribution in [3.05, 3.63) is 18.2 Å². The number of carbonyl (C=O) groups is 2. The first-order valence-electron chi connectivity index (χ1n) is 4.90. The fourth-order valence-corrected chi connectivity index (χ4v) is 1.09. The molecule has 0 unspecified atom stereocenters. The second-order valence-corrected chi connectivity index (χ2v) is 3.11. The Bertz CT molecular complexity index is 333. The summed E-state index contributed by atoms with van der Waals surface area (Å²) in [5, 5.41) is 0. The van der Waals surface area contributed by atoms with Gasteiger partial charge in [0.1, 0.15) is 6.54 Å². The third-order valence-corrected chi connectivity index (χ3v) is 1.91. The molecule has 0 aromatic carbocycles. The highest BCUT2D eigenvalue weighted by atomic mass is 16.5. The van der Waals surface area contributed by atoms with E-state index in [1.165, 1.54) is 10.8 Å². The van der Waals surface area contributed by atoms with Gasteiger partial charge in [-0.25, -0.2) is 4.98 Å². The van der Waals surface area contributed by atoms with Gasteiger partial charge in [-0.2, -0.15) is 0 Å². The van der Waals surface area contributed by atoms with Crippen LogP contribution in [0.5, 0.6) is 0 Å². The molecule has 0 aliphatic rings. The molecule has 1 aromatic heterocycles. The van der Waals surface area contributed by atoms with Crippen molar-refractivity contribution in [2.45, 2.75) is 26.3 Å². The van der Waals surface area contributed by atoms with Crippen LogP contribution in [0.15, 0.2) is 12.4 Å². The molecule has 5 heteroatoms. The summed E-state index contributed by atoms with van der Waals surface area (Å²) >= 11 is 0. The molecule has 0 bridgehead atoms. The van der Waals surface area contributed by atoms with Crippen molar-refractivity contribution < 1.29 is 14.3 Å². The first-order valence-corrected chi connectivity index (χ1v) is 4.90. The Morgan fingerprint density at radius 2 is 2.47 bits per heavy atom. The van der Waals surface area contributed by atoms with E-state index in [-0.39, 0.29) is 18.3 Å². The van der Waals surface area contributed by atoms with Gasteiger partial charge in [-0.15, -0.1) is 0 Å². The molecule has 0 saturated carbocycles. The predicted octanol–water partition coefficient (Wildman–Crippen LogP) is 1.04. The van der Waals surface area contributed by atoms with E-state index < -0.39 is 0 Å². The van der Waals surface area contributed by atoms with Crippen LogP contribution in [0.1, 0.15) is 30.4 Å². The number of esters is 1. The fourth-order valence-electron chi connectivity index (χ4n) is 1.09. The van der Waals surface area contributed by atoms with Gasteiger partial charge in [0.2, 0.25) is 0 Å². The van der Waals surface area contributed by atoms with Crippen LogP contribution < -0.4 is 0 Å². The zero-order valence-corrected chi connectivity index (χ0v) is 8.68. The van der Waals surface area contributed by atoms with Crippen LogP contribution in [0.4, 0.5) is 0 Å². The van der Waals surface area contributed by atoms with Crippen LogP contribution >= 0.6 is 0 Å². The smallest absolute Gasteiger partial charge is 0.326 e. The van der Waals surface area contributed by atoms with E-state index in [0.717, 1.165) is 12.8 Å². The monoisotopic (exact) mass is 210 g/mol. The van der Waals surface area contributed by atoms with Crippen molar-refractivity contribution in [2.24, 2.45) is 0 Å². The highest BCUT2D eigenvalue weighted by molar-refractivity contribution is 5.73. The van der Waals surface area contributed by atoms with Crippen LogP contribution in [-0.4, -0.2) is 28.4 Å². The van der Waals surface area contributed by atoms with Crippen LogP contribution in [0.25, 0.3) is 0 Å². The summed E-state index contributed by atoms with van der Waals surface area (Å²) in [6.45, 7) is 2.49. The topological polar surface area (TPSA) is 61.2 Å². The Morgan fingerprint density at radius 3 is 3.13 bits per heavy atom. The van der Waals surface area contributed by atoms with Crippen LogP contribution in [0.2, 0.25) is 0 Å². The van der Waals surface area contributed by atoms with E-state index >= 15 is 0 Å². The highest BCUT2D eigenvalue weighted by Gasteiger charge is 2.07. The Balaban J connectivity index is 2.40. The summed E-state index contributed by atoms with van der Waals surface area (Å²) in [7, 11) is 0. The molecule has 0 saturated heterocycles. The number of aldehydes is 1. The van der Waals surface area contributed by atoms with Gasteiger partial charge in [-0.3, -0.25) is 9.59 Å². The van der Waals surface area contributed by atoms with Crippen molar-refractivity contribution >= 4 is 12.3 Å². The third-order valence-electron chi connectivity index (χ3n) is 1.91. The quantitative estimate of drug-likeness (QED) is 0.400. The standard InChI is InChI=1S/C10H14N2O3/c1-2-3-6-15-10(14)7-12-5-4-11-9(12)8-13/h4-5,8H,2-3,6-7H2,1H3. The summed E-state index contributed by atoms with van der Waals surface area (Å²) in [4.78, 5) is 25.5. The minimum absolute atomic E-state index is 0.0395. The van der Waals surface area contributed by atoms with Crippen molar-refractivity contribution in [1.29, 1.82) is 0 Å². The molecule has 5 nitrogen and oxygen atoms in total. The normalized spacial score (nSPS) is 9.93. The second kappa shape index (κ2) is 5.95. The maximum Gasteiger partial charge on any atom is 0.326 e. The number of rotatable bonds is 6. The lowest BCUT2D eigenvalue weighted by Crippen LogP contribution is -2.15. The number of ether oxygens (including phenoxy) is 1. The van der Waals surface area contributed by atoms with E-state index in [1.807, 2.05) is 6.92 Å². The number of nitrogens with zero attached hydrogens (tertiary/aromatic N) is 2. The summed E-state index contributed by atoms with van der Waals surface area (Å²) in [5.41, 5.74) is 0. The van der Waals surface area contributed by atoms with Gasteiger partial charge in [-0.05, 0) is 6.42 Å². The molecule has 0 N–H and O–H groups in total. The zero-order valence-electron chi connectivity index (χ0n) is 8.68. The molecular formula is C10H14N2O3. The first kappa shape index (κ1) is 11.4. The minimum Gasteiger partial charge on any atom is -0.464 e. The summed E-state index contributed by atoms with van der Waals surface area (Å²) in [5.74, 6) is -0.105. The zero-order chi connectivity index (χ0) is 11.1. The van der Waals surface area contributed by atoms with Gasteiger partial charge in [0.15, 0.2) is 12.1 Å². The van der Waals surface area contributed by atoms with Gasteiger partial charge in [0, 0.05) is 12.4 Å². The number of hydrogen-bond donors (Lipinski definition) is 0. The largest absolute Gasteiger partial charge is 0.464 e. The molecule has 82 valence electrons. The highest BCUT2D eigenvalue weighted by Crippen LogP contribution is 1.96. The molecule has 1 rings (SSSR count). The summed E-state index contributed by atoms with van der Waals surface area (Å²) in [6.07, 6.45) is 5.50. The number of carbonyl (C=O) groups excluding carboxylic acids is 2. The maximum atomic E-state index is 11.3. The second-order valence-electron chi connectivity index (χ2n) is 3.11. The fraction of sp³-hybridized carbons (Fsp3) is 0.500.